The van der Waals surface area contributed by atoms with E-state index in [1.807, 2.05) is 93.6 Å². The van der Waals surface area contributed by atoms with Gasteiger partial charge in [-0.15, -0.1) is 0 Å². The number of nitrogens with zero attached hydrogens (tertiary/aromatic N) is 2. The second kappa shape index (κ2) is 13.1. The van der Waals surface area contributed by atoms with E-state index in [0.717, 1.165) is 11.1 Å². The van der Waals surface area contributed by atoms with Gasteiger partial charge in [0.15, 0.2) is 0 Å². The van der Waals surface area contributed by atoms with Gasteiger partial charge in [-0.1, -0.05) is 85.0 Å². The molecule has 0 aliphatic carbocycles. The average molecular weight is 642 g/mol. The first-order valence-corrected chi connectivity index (χ1v) is 16.4. The molecule has 4 heterocycles. The topological polar surface area (TPSA) is 125 Å². The molecule has 0 saturated carbocycles. The molecule has 4 aliphatic rings. The third-order valence-electron chi connectivity index (χ3n) is 9.74. The third-order valence-corrected chi connectivity index (χ3v) is 9.74. The van der Waals surface area contributed by atoms with E-state index < -0.39 is 65.0 Å². The van der Waals surface area contributed by atoms with Gasteiger partial charge in [-0.25, -0.2) is 0 Å². The number of esters is 1. The number of aliphatic hydroxyl groups is 1. The molecule has 47 heavy (non-hydrogen) atoms. The van der Waals surface area contributed by atoms with Crippen molar-refractivity contribution in [1.29, 1.82) is 0 Å². The molecule has 7 atom stereocenters. The summed E-state index contributed by atoms with van der Waals surface area (Å²) in [6, 6.07) is 16.2. The van der Waals surface area contributed by atoms with E-state index in [2.05, 4.69) is 5.32 Å². The fourth-order valence-corrected chi connectivity index (χ4v) is 7.48. The van der Waals surface area contributed by atoms with Gasteiger partial charge in [0.25, 0.3) is 0 Å². The summed E-state index contributed by atoms with van der Waals surface area (Å²) < 4.78 is 12.2. The van der Waals surface area contributed by atoms with Crippen LogP contribution in [0.2, 0.25) is 0 Å². The Morgan fingerprint density at radius 1 is 0.979 bits per heavy atom. The number of hydrogen-bond donors (Lipinski definition) is 2. The second-order valence-corrected chi connectivity index (χ2v) is 13.8. The number of fused-ring (bicyclic) bond motifs is 2. The van der Waals surface area contributed by atoms with Crippen molar-refractivity contribution in [2.75, 3.05) is 19.8 Å². The lowest BCUT2D eigenvalue weighted by atomic mass is 9.74. The van der Waals surface area contributed by atoms with Gasteiger partial charge >= 0.3 is 5.97 Å². The summed E-state index contributed by atoms with van der Waals surface area (Å²) in [6.45, 7) is 5.53. The van der Waals surface area contributed by atoms with Crippen molar-refractivity contribution in [3.8, 4) is 0 Å². The Morgan fingerprint density at radius 3 is 2.36 bits per heavy atom. The SMILES string of the molecule is CC(C)(C)N1C/C=C\CCC(=O)OC[C@H](c2ccccc2)NC(=O)[C@@H]2[C@H]3C(=O)N([C@@H](CO)Cc4ccccc4)[C@H](C1=O)[C@]31C=C[C@H]2O1. The lowest BCUT2D eigenvalue weighted by molar-refractivity contribution is -0.153. The summed E-state index contributed by atoms with van der Waals surface area (Å²) in [5.41, 5.74) is -0.403. The van der Waals surface area contributed by atoms with E-state index in [1.54, 1.807) is 17.1 Å². The molecule has 0 aromatic heterocycles. The number of carbonyl (C=O) groups is 4. The molecule has 6 rings (SSSR count). The first kappa shape index (κ1) is 32.7. The van der Waals surface area contributed by atoms with Crippen LogP contribution in [0, 0.1) is 11.8 Å². The minimum atomic E-state index is -1.40. The quantitative estimate of drug-likeness (QED) is 0.380. The number of rotatable bonds is 5. The molecular weight excluding hydrogens is 598 g/mol. The maximum atomic E-state index is 14.9. The van der Waals surface area contributed by atoms with Crippen LogP contribution < -0.4 is 5.32 Å². The molecule has 10 heteroatoms. The Hall–Kier alpha value is -4.28. The van der Waals surface area contributed by atoms with E-state index in [4.69, 9.17) is 9.47 Å². The molecule has 1 spiro atoms. The van der Waals surface area contributed by atoms with E-state index in [0.29, 0.717) is 12.8 Å². The fraction of sp³-hybridized carbons (Fsp3) is 0.459. The molecule has 2 N–H and O–H groups in total. The minimum Gasteiger partial charge on any atom is -0.463 e. The summed E-state index contributed by atoms with van der Waals surface area (Å²) >= 11 is 0. The first-order chi connectivity index (χ1) is 22.5. The predicted molar refractivity (Wildman–Crippen MR) is 174 cm³/mol. The van der Waals surface area contributed by atoms with Crippen molar-refractivity contribution >= 4 is 23.7 Å². The lowest BCUT2D eigenvalue weighted by Gasteiger charge is -2.43. The average Bonchev–Trinajstić information content (AvgIpc) is 3.70. The monoisotopic (exact) mass is 641 g/mol. The summed E-state index contributed by atoms with van der Waals surface area (Å²) in [5, 5.41) is 13.8. The smallest absolute Gasteiger partial charge is 0.306 e. The van der Waals surface area contributed by atoms with Crippen LogP contribution in [0.15, 0.2) is 85.0 Å². The second-order valence-electron chi connectivity index (χ2n) is 13.8. The van der Waals surface area contributed by atoms with E-state index in [1.165, 1.54) is 4.90 Å². The molecule has 10 nitrogen and oxygen atoms in total. The van der Waals surface area contributed by atoms with E-state index >= 15 is 0 Å². The molecule has 2 aromatic rings. The summed E-state index contributed by atoms with van der Waals surface area (Å²) in [4.78, 5) is 59.7. The van der Waals surface area contributed by atoms with Crippen molar-refractivity contribution in [3.05, 3.63) is 96.1 Å². The molecular formula is C37H43N3O7. The number of aliphatic hydroxyl groups excluding tert-OH is 1. The Kier molecular flexibility index (Phi) is 9.09. The van der Waals surface area contributed by atoms with Crippen LogP contribution in [-0.2, 0) is 35.1 Å². The molecule has 248 valence electrons. The molecule has 2 saturated heterocycles. The number of likely N-dealkylation sites (tertiary alicyclic amines) is 1. The van der Waals surface area contributed by atoms with Crippen LogP contribution in [0.3, 0.4) is 0 Å². The Morgan fingerprint density at radius 2 is 1.68 bits per heavy atom. The molecule has 2 aromatic carbocycles. The van der Waals surface area contributed by atoms with Crippen LogP contribution in [0.4, 0.5) is 0 Å². The van der Waals surface area contributed by atoms with Gasteiger partial charge in [0.2, 0.25) is 17.7 Å². The van der Waals surface area contributed by atoms with Gasteiger partial charge in [0, 0.05) is 18.5 Å². The summed E-state index contributed by atoms with van der Waals surface area (Å²) in [6.07, 6.45) is 7.39. The van der Waals surface area contributed by atoms with Gasteiger partial charge < -0.3 is 29.7 Å². The standard InChI is InChI=1S/C37H43N3O7/c1-36(2,3)39-20-12-6-11-17-29(42)46-23-27(25-15-9-5-10-16-25)38-33(43)30-28-18-19-37(47-28)31(30)34(44)40(32(37)35(39)45)26(22-41)21-24-13-7-4-8-14-24/h4-10,12-16,18-19,26-28,30-32,41H,11,17,20-23H2,1-3H3,(H,38,43)/b12-6-/t26-,27-,28-,30+,31+,32-,37+/m1/s1. The van der Waals surface area contributed by atoms with Crippen molar-refractivity contribution in [2.24, 2.45) is 11.8 Å². The van der Waals surface area contributed by atoms with Crippen LogP contribution in [0.5, 0.6) is 0 Å². The van der Waals surface area contributed by atoms with Gasteiger partial charge in [-0.2, -0.15) is 0 Å². The van der Waals surface area contributed by atoms with Crippen molar-refractivity contribution in [3.63, 3.8) is 0 Å². The van der Waals surface area contributed by atoms with Gasteiger partial charge in [0.05, 0.1) is 36.6 Å². The Labute approximate surface area is 275 Å². The third kappa shape index (κ3) is 6.12. The zero-order valence-electron chi connectivity index (χ0n) is 27.1. The van der Waals surface area contributed by atoms with Crippen molar-refractivity contribution in [1.82, 2.24) is 15.1 Å². The first-order valence-electron chi connectivity index (χ1n) is 16.4. The largest absolute Gasteiger partial charge is 0.463 e. The number of benzene rings is 2. The highest BCUT2D eigenvalue weighted by atomic mass is 16.5. The summed E-state index contributed by atoms with van der Waals surface area (Å²) in [5.74, 6) is -3.51. The molecule has 5 bridgehead atoms. The van der Waals surface area contributed by atoms with Gasteiger partial charge in [-0.3, -0.25) is 19.2 Å². The van der Waals surface area contributed by atoms with Crippen molar-refractivity contribution < 1.29 is 33.8 Å². The highest BCUT2D eigenvalue weighted by Crippen LogP contribution is 2.56. The normalized spacial score (nSPS) is 31.0. The Bertz CT molecular complexity index is 1550. The molecule has 3 amide bonds. The zero-order chi connectivity index (χ0) is 33.3. The maximum absolute atomic E-state index is 14.9. The molecule has 2 fully saturated rings. The molecule has 4 aliphatic heterocycles. The predicted octanol–water partition coefficient (Wildman–Crippen LogP) is 3.12. The van der Waals surface area contributed by atoms with Crippen molar-refractivity contribution in [2.45, 2.75) is 75.4 Å². The number of cyclic esters (lactones) is 1. The lowest BCUT2D eigenvalue weighted by Crippen LogP contribution is -2.61. The number of nitrogens with one attached hydrogen (secondary N) is 1. The number of carbonyl (C=O) groups excluding carboxylic acids is 4. The highest BCUT2D eigenvalue weighted by Gasteiger charge is 2.74. The van der Waals surface area contributed by atoms with Gasteiger partial charge in [0.1, 0.15) is 18.2 Å². The van der Waals surface area contributed by atoms with Crippen LogP contribution in [0.1, 0.15) is 50.8 Å². The molecule has 0 radical (unpaired) electrons. The number of ether oxygens (including phenoxy) is 2. The van der Waals surface area contributed by atoms with Crippen LogP contribution >= 0.6 is 0 Å². The number of hydrogen-bond acceptors (Lipinski definition) is 7. The minimum absolute atomic E-state index is 0.0785. The van der Waals surface area contributed by atoms with Crippen LogP contribution in [-0.4, -0.2) is 87.7 Å². The Balaban J connectivity index is 1.44. The number of allylic oxidation sites excluding steroid dienone is 1. The fourth-order valence-electron chi connectivity index (χ4n) is 7.48. The maximum Gasteiger partial charge on any atom is 0.306 e. The highest BCUT2D eigenvalue weighted by molar-refractivity contribution is 6.00. The van der Waals surface area contributed by atoms with Gasteiger partial charge in [-0.05, 0) is 44.7 Å². The van der Waals surface area contributed by atoms with E-state index in [9.17, 15) is 24.3 Å². The van der Waals surface area contributed by atoms with E-state index in [-0.39, 0.29) is 32.1 Å². The zero-order valence-corrected chi connectivity index (χ0v) is 27.1. The number of amides is 3. The van der Waals surface area contributed by atoms with Crippen LogP contribution in [0.25, 0.3) is 0 Å². The molecule has 0 unspecified atom stereocenters. The summed E-state index contributed by atoms with van der Waals surface area (Å²) in [7, 11) is 0.